The van der Waals surface area contributed by atoms with Crippen molar-refractivity contribution < 1.29 is 23.1 Å². The summed E-state index contributed by atoms with van der Waals surface area (Å²) in [5.74, 6) is -1.09. The summed E-state index contributed by atoms with van der Waals surface area (Å²) >= 11 is 0. The molecule has 0 aromatic heterocycles. The summed E-state index contributed by atoms with van der Waals surface area (Å²) in [7, 11) is -3.22. The molecule has 4 N–H and O–H groups in total. The molecule has 0 unspecified atom stereocenters. The third-order valence-corrected chi connectivity index (χ3v) is 2.74. The number of carboxylic acids is 1. The van der Waals surface area contributed by atoms with Gasteiger partial charge in [-0.1, -0.05) is 6.92 Å². The van der Waals surface area contributed by atoms with Crippen LogP contribution >= 0.6 is 0 Å². The van der Waals surface area contributed by atoms with Gasteiger partial charge in [0.15, 0.2) is 0 Å². The van der Waals surface area contributed by atoms with Gasteiger partial charge in [-0.2, -0.15) is 0 Å². The summed E-state index contributed by atoms with van der Waals surface area (Å²) in [6, 6.07) is -1.50. The molecule has 0 aliphatic rings. The van der Waals surface area contributed by atoms with Crippen LogP contribution in [0.25, 0.3) is 0 Å². The zero-order valence-corrected chi connectivity index (χ0v) is 11.2. The monoisotopic (exact) mass is 281 g/mol. The van der Waals surface area contributed by atoms with Crippen molar-refractivity contribution in [1.29, 1.82) is 0 Å². The van der Waals surface area contributed by atoms with Gasteiger partial charge in [-0.25, -0.2) is 22.7 Å². The molecule has 8 nitrogen and oxygen atoms in total. The predicted molar refractivity (Wildman–Crippen MR) is 65.7 cm³/mol. The maximum atomic E-state index is 11.3. The molecule has 2 amide bonds. The smallest absolute Gasteiger partial charge is 0.326 e. The van der Waals surface area contributed by atoms with E-state index in [0.717, 1.165) is 6.26 Å². The third-order valence-electron chi connectivity index (χ3n) is 2.02. The predicted octanol–water partition coefficient (Wildman–Crippen LogP) is -0.912. The van der Waals surface area contributed by atoms with Gasteiger partial charge >= 0.3 is 12.0 Å². The molecule has 9 heteroatoms. The molecule has 0 saturated carbocycles. The Morgan fingerprint density at radius 3 is 2.33 bits per heavy atom. The normalized spacial score (nSPS) is 12.8. The van der Waals surface area contributed by atoms with Gasteiger partial charge in [-0.05, 0) is 12.8 Å². The molecule has 0 spiro atoms. The van der Waals surface area contributed by atoms with E-state index in [4.69, 9.17) is 5.11 Å². The first-order valence-corrected chi connectivity index (χ1v) is 7.37. The Morgan fingerprint density at radius 2 is 1.89 bits per heavy atom. The molecule has 0 aliphatic heterocycles. The highest BCUT2D eigenvalue weighted by Gasteiger charge is 2.16. The van der Waals surface area contributed by atoms with Gasteiger partial charge in [-0.15, -0.1) is 0 Å². The van der Waals surface area contributed by atoms with E-state index < -0.39 is 28.1 Å². The number of urea groups is 1. The fraction of sp³-hybridized carbons (Fsp3) is 0.778. The molecule has 18 heavy (non-hydrogen) atoms. The van der Waals surface area contributed by atoms with E-state index >= 15 is 0 Å². The maximum absolute atomic E-state index is 11.3. The van der Waals surface area contributed by atoms with Crippen LogP contribution in [-0.2, 0) is 14.8 Å². The lowest BCUT2D eigenvalue weighted by Gasteiger charge is -2.13. The number of hydrogen-bond donors (Lipinski definition) is 4. The highest BCUT2D eigenvalue weighted by molar-refractivity contribution is 7.88. The number of carbonyl (C=O) groups is 2. The lowest BCUT2D eigenvalue weighted by molar-refractivity contribution is -0.139. The zero-order valence-electron chi connectivity index (χ0n) is 10.4. The summed E-state index contributed by atoms with van der Waals surface area (Å²) in [5.41, 5.74) is 0. The van der Waals surface area contributed by atoms with Crippen molar-refractivity contribution in [2.24, 2.45) is 0 Å². The Labute approximate surface area is 106 Å². The van der Waals surface area contributed by atoms with Gasteiger partial charge < -0.3 is 15.7 Å². The summed E-state index contributed by atoms with van der Waals surface area (Å²) in [4.78, 5) is 21.9. The van der Waals surface area contributed by atoms with E-state index in [0.29, 0.717) is 12.8 Å². The summed E-state index contributed by atoms with van der Waals surface area (Å²) in [5, 5.41) is 13.4. The Morgan fingerprint density at radius 1 is 1.28 bits per heavy atom. The number of hydrogen-bond acceptors (Lipinski definition) is 4. The fourth-order valence-corrected chi connectivity index (χ4v) is 1.61. The molecular formula is C9H19N3O5S. The van der Waals surface area contributed by atoms with Gasteiger partial charge in [0, 0.05) is 13.1 Å². The van der Waals surface area contributed by atoms with Crippen LogP contribution in [0, 0.1) is 0 Å². The molecule has 0 radical (unpaired) electrons. The molecule has 0 fully saturated rings. The first-order chi connectivity index (χ1) is 8.26. The van der Waals surface area contributed by atoms with Gasteiger partial charge in [-0.3, -0.25) is 0 Å². The molecule has 0 aromatic carbocycles. The molecular weight excluding hydrogens is 262 g/mol. The van der Waals surface area contributed by atoms with Crippen LogP contribution in [0.3, 0.4) is 0 Å². The topological polar surface area (TPSA) is 125 Å². The fourth-order valence-electron chi connectivity index (χ4n) is 1.10. The number of nitrogens with one attached hydrogen (secondary N) is 3. The van der Waals surface area contributed by atoms with Crippen molar-refractivity contribution in [1.82, 2.24) is 15.4 Å². The van der Waals surface area contributed by atoms with Crippen molar-refractivity contribution in [2.75, 3.05) is 19.3 Å². The molecule has 0 aliphatic carbocycles. The highest BCUT2D eigenvalue weighted by Crippen LogP contribution is 1.90. The average Bonchev–Trinajstić information content (AvgIpc) is 2.23. The quantitative estimate of drug-likeness (QED) is 0.429. The lowest BCUT2D eigenvalue weighted by atomic mass is 10.2. The minimum atomic E-state index is -3.22. The van der Waals surface area contributed by atoms with Crippen molar-refractivity contribution in [3.8, 4) is 0 Å². The standard InChI is InChI=1S/C9H19N3O5S/c1-3-7(8(13)14)12-9(15)10-5-4-6-11-18(2,16)17/h7,11H,3-6H2,1-2H3,(H,13,14)(H2,10,12,15)/t7-/m1/s1. The molecule has 0 heterocycles. The maximum Gasteiger partial charge on any atom is 0.326 e. The van der Waals surface area contributed by atoms with Crippen LogP contribution in [0.1, 0.15) is 19.8 Å². The van der Waals surface area contributed by atoms with Crippen LogP contribution in [0.4, 0.5) is 4.79 Å². The van der Waals surface area contributed by atoms with Crippen molar-refractivity contribution in [3.63, 3.8) is 0 Å². The Hall–Kier alpha value is -1.35. The third kappa shape index (κ3) is 8.76. The van der Waals surface area contributed by atoms with E-state index in [9.17, 15) is 18.0 Å². The molecule has 0 rings (SSSR count). The number of rotatable bonds is 8. The average molecular weight is 281 g/mol. The van der Waals surface area contributed by atoms with Crippen LogP contribution in [0.2, 0.25) is 0 Å². The van der Waals surface area contributed by atoms with E-state index in [1.165, 1.54) is 0 Å². The first kappa shape index (κ1) is 16.6. The molecule has 0 bridgehead atoms. The summed E-state index contributed by atoms with van der Waals surface area (Å²) in [6.45, 7) is 2.12. The van der Waals surface area contributed by atoms with Crippen LogP contribution < -0.4 is 15.4 Å². The van der Waals surface area contributed by atoms with Gasteiger partial charge in [0.05, 0.1) is 6.26 Å². The Kier molecular flexibility index (Phi) is 7.29. The number of sulfonamides is 1. The second-order valence-corrected chi connectivity index (χ2v) is 5.55. The van der Waals surface area contributed by atoms with E-state index in [2.05, 4.69) is 15.4 Å². The molecule has 0 saturated heterocycles. The molecule has 0 aromatic rings. The van der Waals surface area contributed by atoms with Crippen molar-refractivity contribution >= 4 is 22.0 Å². The largest absolute Gasteiger partial charge is 0.480 e. The summed E-state index contributed by atoms with van der Waals surface area (Å²) < 4.78 is 23.7. The number of carboxylic acid groups (broad SMARTS) is 1. The minimum Gasteiger partial charge on any atom is -0.480 e. The minimum absolute atomic E-state index is 0.218. The first-order valence-electron chi connectivity index (χ1n) is 5.48. The number of carbonyl (C=O) groups excluding carboxylic acids is 1. The number of amides is 2. The Bertz CT molecular complexity index is 382. The van der Waals surface area contributed by atoms with E-state index in [1.807, 2.05) is 0 Å². The Balaban J connectivity index is 3.75. The van der Waals surface area contributed by atoms with E-state index in [1.54, 1.807) is 6.92 Å². The van der Waals surface area contributed by atoms with Gasteiger partial charge in [0.2, 0.25) is 10.0 Å². The van der Waals surface area contributed by atoms with Crippen molar-refractivity contribution in [3.05, 3.63) is 0 Å². The van der Waals surface area contributed by atoms with Crippen LogP contribution in [0.5, 0.6) is 0 Å². The van der Waals surface area contributed by atoms with Crippen LogP contribution in [0.15, 0.2) is 0 Å². The van der Waals surface area contributed by atoms with Crippen LogP contribution in [-0.4, -0.2) is 50.9 Å². The van der Waals surface area contributed by atoms with Crippen molar-refractivity contribution in [2.45, 2.75) is 25.8 Å². The van der Waals surface area contributed by atoms with E-state index in [-0.39, 0.29) is 13.1 Å². The molecule has 106 valence electrons. The summed E-state index contributed by atoms with van der Waals surface area (Å²) in [6.07, 6.45) is 1.76. The highest BCUT2D eigenvalue weighted by atomic mass is 32.2. The lowest BCUT2D eigenvalue weighted by Crippen LogP contribution is -2.46. The second-order valence-electron chi connectivity index (χ2n) is 3.72. The second kappa shape index (κ2) is 7.88. The van der Waals surface area contributed by atoms with Gasteiger partial charge in [0.25, 0.3) is 0 Å². The number of aliphatic carboxylic acids is 1. The zero-order chi connectivity index (χ0) is 14.2. The molecule has 1 atom stereocenters. The SMILES string of the molecule is CC[C@@H](NC(=O)NCCCNS(C)(=O)=O)C(=O)O. The van der Waals surface area contributed by atoms with Gasteiger partial charge in [0.1, 0.15) is 6.04 Å².